The molecule has 0 aliphatic heterocycles. The number of nitrogen functional groups attached to an aromatic ring is 1. The Kier molecular flexibility index (Phi) is 5.37. The Balaban J connectivity index is 2.36. The molecular weight excluding hydrogens is 346 g/mol. The smallest absolute Gasteiger partial charge is 0.348 e. The lowest BCUT2D eigenvalue weighted by molar-refractivity contribution is 0.0601. The fourth-order valence-electron chi connectivity index (χ4n) is 1.68. The summed E-state index contributed by atoms with van der Waals surface area (Å²) in [4.78, 5) is 24.1. The third kappa shape index (κ3) is 3.39. The number of aromatic nitrogens is 2. The number of nitrogens with zero attached hydrogens (tertiary/aromatic N) is 2. The predicted octanol–water partition coefficient (Wildman–Crippen LogP) is 2.36. The van der Waals surface area contributed by atoms with Gasteiger partial charge >= 0.3 is 11.9 Å². The van der Waals surface area contributed by atoms with Crippen LogP contribution in [-0.4, -0.2) is 36.4 Å². The van der Waals surface area contributed by atoms with Crippen molar-refractivity contribution in [3.63, 3.8) is 0 Å². The number of anilines is 1. The molecule has 2 aromatic rings. The van der Waals surface area contributed by atoms with Crippen molar-refractivity contribution in [2.45, 2.75) is 17.0 Å². The van der Waals surface area contributed by atoms with Gasteiger partial charge < -0.3 is 15.2 Å². The molecular formula is C12H13N3O4S3. The van der Waals surface area contributed by atoms with Crippen molar-refractivity contribution in [2.24, 2.45) is 0 Å². The van der Waals surface area contributed by atoms with E-state index in [1.54, 1.807) is 0 Å². The van der Waals surface area contributed by atoms with Gasteiger partial charge in [-0.3, -0.25) is 0 Å². The molecule has 2 heterocycles. The molecule has 22 heavy (non-hydrogen) atoms. The van der Waals surface area contributed by atoms with Crippen molar-refractivity contribution in [3.05, 3.63) is 21.0 Å². The second-order valence-electron chi connectivity index (χ2n) is 4.01. The largest absolute Gasteiger partial charge is 0.465 e. The van der Waals surface area contributed by atoms with E-state index in [9.17, 15) is 9.59 Å². The number of aryl methyl sites for hydroxylation is 1. The number of thiophene rings is 1. The second kappa shape index (κ2) is 7.07. The van der Waals surface area contributed by atoms with E-state index in [0.717, 1.165) is 20.7 Å². The third-order valence-corrected chi connectivity index (χ3v) is 5.68. The minimum Gasteiger partial charge on any atom is -0.465 e. The van der Waals surface area contributed by atoms with E-state index in [1.165, 1.54) is 37.3 Å². The highest BCUT2D eigenvalue weighted by atomic mass is 32.2. The number of thioether (sulfide) groups is 1. The molecule has 2 aromatic heterocycles. The van der Waals surface area contributed by atoms with Crippen LogP contribution in [0.3, 0.4) is 0 Å². The van der Waals surface area contributed by atoms with Crippen LogP contribution in [-0.2, 0) is 15.2 Å². The first-order chi connectivity index (χ1) is 10.5. The standard InChI is InChI=1S/C12H13N3O4S3/c1-5-14-15-12(21-5)20-4-6-7(10(16)18-2)9(13)22-8(6)11(17)19-3/h4,13H2,1-3H3. The number of methoxy groups -OCH3 is 2. The van der Waals surface area contributed by atoms with E-state index >= 15 is 0 Å². The van der Waals surface area contributed by atoms with Crippen molar-refractivity contribution in [1.29, 1.82) is 0 Å². The molecule has 0 unspecified atom stereocenters. The van der Waals surface area contributed by atoms with Crippen LogP contribution in [0.5, 0.6) is 0 Å². The van der Waals surface area contributed by atoms with E-state index < -0.39 is 11.9 Å². The molecule has 10 heteroatoms. The first-order valence-electron chi connectivity index (χ1n) is 5.98. The van der Waals surface area contributed by atoms with E-state index in [1.807, 2.05) is 6.92 Å². The quantitative estimate of drug-likeness (QED) is 0.641. The Morgan fingerprint density at radius 3 is 2.41 bits per heavy atom. The lowest BCUT2D eigenvalue weighted by atomic mass is 10.1. The number of rotatable bonds is 5. The molecule has 0 aromatic carbocycles. The lowest BCUT2D eigenvalue weighted by Gasteiger charge is -2.04. The van der Waals surface area contributed by atoms with Crippen molar-refractivity contribution in [2.75, 3.05) is 20.0 Å². The van der Waals surface area contributed by atoms with Gasteiger partial charge in [0.15, 0.2) is 4.34 Å². The van der Waals surface area contributed by atoms with Gasteiger partial charge in [0.25, 0.3) is 0 Å². The molecule has 0 aliphatic carbocycles. The monoisotopic (exact) mass is 359 g/mol. The number of ether oxygens (including phenoxy) is 2. The number of nitrogens with two attached hydrogens (primary N) is 1. The molecule has 0 bridgehead atoms. The first-order valence-corrected chi connectivity index (χ1v) is 8.60. The predicted molar refractivity (Wildman–Crippen MR) is 85.6 cm³/mol. The molecule has 118 valence electrons. The van der Waals surface area contributed by atoms with Crippen LogP contribution in [0.15, 0.2) is 4.34 Å². The Hall–Kier alpha value is -1.65. The van der Waals surface area contributed by atoms with Gasteiger partial charge in [-0.2, -0.15) is 0 Å². The lowest BCUT2D eigenvalue weighted by Crippen LogP contribution is -2.08. The van der Waals surface area contributed by atoms with E-state index in [2.05, 4.69) is 10.2 Å². The summed E-state index contributed by atoms with van der Waals surface area (Å²) >= 11 is 3.82. The molecule has 2 N–H and O–H groups in total. The zero-order valence-electron chi connectivity index (χ0n) is 12.0. The normalized spacial score (nSPS) is 10.5. The number of hydrogen-bond donors (Lipinski definition) is 1. The second-order valence-corrected chi connectivity index (χ2v) is 7.46. The number of carbonyl (C=O) groups excluding carboxylic acids is 2. The molecule has 7 nitrogen and oxygen atoms in total. The summed E-state index contributed by atoms with van der Waals surface area (Å²) in [6.07, 6.45) is 0. The molecule has 0 spiro atoms. The topological polar surface area (TPSA) is 104 Å². The number of hydrogen-bond acceptors (Lipinski definition) is 10. The Labute approximate surface area is 138 Å². The van der Waals surface area contributed by atoms with Crippen molar-refractivity contribution in [3.8, 4) is 0 Å². The Bertz CT molecular complexity index is 711. The van der Waals surface area contributed by atoms with Crippen LogP contribution in [0.4, 0.5) is 5.00 Å². The van der Waals surface area contributed by atoms with Gasteiger partial charge in [0.1, 0.15) is 14.9 Å². The third-order valence-electron chi connectivity index (χ3n) is 2.64. The maximum atomic E-state index is 11.9. The SMILES string of the molecule is COC(=O)c1sc(N)c(C(=O)OC)c1CSc1nnc(C)s1. The zero-order chi connectivity index (χ0) is 16.3. The fourth-order valence-corrected chi connectivity index (χ4v) is 4.61. The van der Waals surface area contributed by atoms with Gasteiger partial charge in [0.2, 0.25) is 0 Å². The van der Waals surface area contributed by atoms with Crippen LogP contribution in [0.2, 0.25) is 0 Å². The number of carbonyl (C=O) groups is 2. The summed E-state index contributed by atoms with van der Waals surface area (Å²) in [6.45, 7) is 1.85. The van der Waals surface area contributed by atoms with Gasteiger partial charge in [-0.25, -0.2) is 9.59 Å². The zero-order valence-corrected chi connectivity index (χ0v) is 14.5. The highest BCUT2D eigenvalue weighted by molar-refractivity contribution is 8.00. The summed E-state index contributed by atoms with van der Waals surface area (Å²) in [5.41, 5.74) is 6.57. The molecule has 2 rings (SSSR count). The van der Waals surface area contributed by atoms with Gasteiger partial charge in [0.05, 0.1) is 19.8 Å². The average Bonchev–Trinajstić information content (AvgIpc) is 3.06. The Morgan fingerprint density at radius 2 is 1.86 bits per heavy atom. The van der Waals surface area contributed by atoms with Gasteiger partial charge in [0, 0.05) is 11.3 Å². The van der Waals surface area contributed by atoms with E-state index in [4.69, 9.17) is 15.2 Å². The molecule has 0 fully saturated rings. The van der Waals surface area contributed by atoms with Crippen LogP contribution in [0.25, 0.3) is 0 Å². The molecule has 0 atom stereocenters. The minimum absolute atomic E-state index is 0.210. The fraction of sp³-hybridized carbons (Fsp3) is 0.333. The van der Waals surface area contributed by atoms with Gasteiger partial charge in [-0.05, 0) is 6.92 Å². The van der Waals surface area contributed by atoms with Crippen LogP contribution >= 0.6 is 34.4 Å². The maximum Gasteiger partial charge on any atom is 0.348 e. The summed E-state index contributed by atoms with van der Waals surface area (Å²) in [5, 5.41) is 9.00. The van der Waals surface area contributed by atoms with Gasteiger partial charge in [-0.15, -0.1) is 21.5 Å². The molecule has 0 amide bonds. The van der Waals surface area contributed by atoms with Crippen molar-refractivity contribution >= 4 is 51.4 Å². The van der Waals surface area contributed by atoms with E-state index in [-0.39, 0.29) is 10.6 Å². The van der Waals surface area contributed by atoms with E-state index in [0.29, 0.717) is 16.2 Å². The maximum absolute atomic E-state index is 11.9. The summed E-state index contributed by atoms with van der Waals surface area (Å²) < 4.78 is 10.2. The molecule has 0 saturated carbocycles. The van der Waals surface area contributed by atoms with Crippen molar-refractivity contribution < 1.29 is 19.1 Å². The minimum atomic E-state index is -0.576. The van der Waals surface area contributed by atoms with Crippen molar-refractivity contribution in [1.82, 2.24) is 10.2 Å². The van der Waals surface area contributed by atoms with Crippen LogP contribution < -0.4 is 5.73 Å². The summed E-state index contributed by atoms with van der Waals surface area (Å²) in [5.74, 6) is -0.763. The highest BCUT2D eigenvalue weighted by Gasteiger charge is 2.27. The summed E-state index contributed by atoms with van der Waals surface area (Å²) in [6, 6.07) is 0. The molecule has 0 saturated heterocycles. The molecule has 0 aliphatic rings. The molecule has 0 radical (unpaired) electrons. The Morgan fingerprint density at radius 1 is 1.18 bits per heavy atom. The first kappa shape index (κ1) is 16.7. The van der Waals surface area contributed by atoms with Gasteiger partial charge in [-0.1, -0.05) is 23.1 Å². The van der Waals surface area contributed by atoms with Crippen LogP contribution in [0, 0.1) is 6.92 Å². The van der Waals surface area contributed by atoms with Crippen LogP contribution in [0.1, 0.15) is 30.6 Å². The average molecular weight is 359 g/mol. The highest BCUT2D eigenvalue weighted by Crippen LogP contribution is 2.37. The number of esters is 2. The summed E-state index contributed by atoms with van der Waals surface area (Å²) in [7, 11) is 2.55.